The predicted octanol–water partition coefficient (Wildman–Crippen LogP) is 6.08. The molecule has 8 nitrogen and oxygen atoms in total. The van der Waals surface area contributed by atoms with E-state index in [2.05, 4.69) is 0 Å². The second-order valence-corrected chi connectivity index (χ2v) is 9.80. The first-order chi connectivity index (χ1) is 15.6. The SMILES string of the molecule is CCc1cc([N+](=O)[O-])c([PH](=O)OCC(=O)OC(C)(C)C)cc1Oc1ccc(C(F)(F)F)cc1Cl. The van der Waals surface area contributed by atoms with Crippen molar-refractivity contribution in [2.24, 2.45) is 0 Å². The summed E-state index contributed by atoms with van der Waals surface area (Å²) in [6.07, 6.45) is -4.36. The lowest BCUT2D eigenvalue weighted by atomic mass is 10.1. The third kappa shape index (κ3) is 7.44. The number of nitrogens with zero attached hydrogens (tertiary/aromatic N) is 1. The number of esters is 1. The van der Waals surface area contributed by atoms with Crippen molar-refractivity contribution in [1.29, 1.82) is 0 Å². The molecule has 0 aliphatic heterocycles. The summed E-state index contributed by atoms with van der Waals surface area (Å²) in [7, 11) is -3.32. The lowest BCUT2D eigenvalue weighted by molar-refractivity contribution is -0.383. The van der Waals surface area contributed by atoms with Gasteiger partial charge >= 0.3 is 12.1 Å². The van der Waals surface area contributed by atoms with E-state index in [1.165, 1.54) is 0 Å². The minimum Gasteiger partial charge on any atom is -0.458 e. The fraction of sp³-hybridized carbons (Fsp3) is 0.381. The molecular formula is C21H22ClF3NO7P. The topological polar surface area (TPSA) is 105 Å². The standard InChI is InChI=1S/C21H22ClF3NO7P/c1-5-12-8-15(26(28)29)18(34(30)31-11-19(27)33-20(2,3)4)10-17(12)32-16-7-6-13(9-14(16)22)21(23,24)25/h6-10,34H,5,11H2,1-4H3. The Hall–Kier alpha value is -2.62. The van der Waals surface area contributed by atoms with Gasteiger partial charge in [0.1, 0.15) is 22.4 Å². The number of aryl methyl sites for hydroxylation is 1. The molecule has 0 bridgehead atoms. The number of hydrogen-bond acceptors (Lipinski definition) is 7. The number of ether oxygens (including phenoxy) is 2. The van der Waals surface area contributed by atoms with Crippen molar-refractivity contribution in [2.45, 2.75) is 45.9 Å². The molecule has 34 heavy (non-hydrogen) atoms. The molecule has 186 valence electrons. The van der Waals surface area contributed by atoms with E-state index >= 15 is 0 Å². The van der Waals surface area contributed by atoms with Crippen LogP contribution in [-0.2, 0) is 31.2 Å². The molecule has 0 saturated carbocycles. The highest BCUT2D eigenvalue weighted by Gasteiger charge is 2.31. The summed E-state index contributed by atoms with van der Waals surface area (Å²) in [6, 6.07) is 4.69. The van der Waals surface area contributed by atoms with E-state index in [4.69, 9.17) is 25.6 Å². The monoisotopic (exact) mass is 523 g/mol. The summed E-state index contributed by atoms with van der Waals surface area (Å²) in [6.45, 7) is 5.83. The summed E-state index contributed by atoms with van der Waals surface area (Å²) in [5.41, 5.74) is -2.00. The normalized spacial score (nSPS) is 12.8. The van der Waals surface area contributed by atoms with Gasteiger partial charge in [0.2, 0.25) is 8.03 Å². The van der Waals surface area contributed by atoms with Gasteiger partial charge in [-0.25, -0.2) is 4.79 Å². The highest BCUT2D eigenvalue weighted by Crippen LogP contribution is 2.39. The Morgan fingerprint density at radius 2 is 1.79 bits per heavy atom. The van der Waals surface area contributed by atoms with E-state index < -0.39 is 48.6 Å². The van der Waals surface area contributed by atoms with Gasteiger partial charge in [0.15, 0.2) is 6.61 Å². The van der Waals surface area contributed by atoms with E-state index in [0.29, 0.717) is 11.6 Å². The quantitative estimate of drug-likeness (QED) is 0.179. The Balaban J connectivity index is 2.39. The number of benzene rings is 2. The summed E-state index contributed by atoms with van der Waals surface area (Å²) in [5.74, 6) is -0.964. The number of hydrogen-bond donors (Lipinski definition) is 0. The Morgan fingerprint density at radius 3 is 2.29 bits per heavy atom. The molecule has 0 aliphatic rings. The van der Waals surface area contributed by atoms with Crippen LogP contribution in [0.1, 0.15) is 38.8 Å². The van der Waals surface area contributed by atoms with Crippen LogP contribution in [0, 0.1) is 10.1 Å². The van der Waals surface area contributed by atoms with E-state index in [-0.39, 0.29) is 28.2 Å². The minimum atomic E-state index is -4.61. The van der Waals surface area contributed by atoms with Gasteiger partial charge in [0.05, 0.1) is 15.5 Å². The fourth-order valence-electron chi connectivity index (χ4n) is 2.75. The van der Waals surface area contributed by atoms with Crippen LogP contribution >= 0.6 is 19.6 Å². The summed E-state index contributed by atoms with van der Waals surface area (Å²) < 4.78 is 67.1. The first-order valence-corrected chi connectivity index (χ1v) is 11.6. The summed E-state index contributed by atoms with van der Waals surface area (Å²) in [5, 5.41) is 10.9. The number of nitro benzene ring substituents is 1. The smallest absolute Gasteiger partial charge is 0.416 e. The van der Waals surface area contributed by atoms with Crippen LogP contribution in [-0.4, -0.2) is 23.1 Å². The van der Waals surface area contributed by atoms with Gasteiger partial charge in [0, 0.05) is 17.7 Å². The highest BCUT2D eigenvalue weighted by molar-refractivity contribution is 7.48. The van der Waals surface area contributed by atoms with E-state index in [0.717, 1.165) is 24.3 Å². The number of rotatable bonds is 8. The zero-order valence-corrected chi connectivity index (χ0v) is 20.4. The molecule has 0 aromatic heterocycles. The number of nitro groups is 1. The van der Waals surface area contributed by atoms with Crippen LogP contribution in [0.25, 0.3) is 0 Å². The van der Waals surface area contributed by atoms with Crippen molar-refractivity contribution in [3.05, 3.63) is 56.6 Å². The van der Waals surface area contributed by atoms with Crippen LogP contribution in [0.15, 0.2) is 30.3 Å². The van der Waals surface area contributed by atoms with Crippen molar-refractivity contribution in [3.63, 3.8) is 0 Å². The first kappa shape index (κ1) is 27.6. The second-order valence-electron chi connectivity index (χ2n) is 8.00. The first-order valence-electron chi connectivity index (χ1n) is 9.87. The largest absolute Gasteiger partial charge is 0.458 e. The van der Waals surface area contributed by atoms with Gasteiger partial charge < -0.3 is 14.0 Å². The van der Waals surface area contributed by atoms with Crippen molar-refractivity contribution < 1.29 is 41.5 Å². The Morgan fingerprint density at radius 1 is 1.15 bits per heavy atom. The Bertz CT molecular complexity index is 1120. The predicted molar refractivity (Wildman–Crippen MR) is 119 cm³/mol. The van der Waals surface area contributed by atoms with Crippen LogP contribution < -0.4 is 10.0 Å². The van der Waals surface area contributed by atoms with Crippen LogP contribution in [0.5, 0.6) is 11.5 Å². The van der Waals surface area contributed by atoms with Crippen LogP contribution in [0.3, 0.4) is 0 Å². The Labute approximate surface area is 199 Å². The molecule has 0 amide bonds. The third-order valence-corrected chi connectivity index (χ3v) is 5.74. The molecular weight excluding hydrogens is 502 g/mol. The van der Waals surface area contributed by atoms with Crippen molar-refractivity contribution in [1.82, 2.24) is 0 Å². The van der Waals surface area contributed by atoms with Crippen molar-refractivity contribution >= 4 is 36.6 Å². The molecule has 0 heterocycles. The average Bonchev–Trinajstić information content (AvgIpc) is 2.70. The van der Waals surface area contributed by atoms with E-state index in [9.17, 15) is 32.6 Å². The van der Waals surface area contributed by atoms with Gasteiger partial charge in [0.25, 0.3) is 5.69 Å². The van der Waals surface area contributed by atoms with Crippen LogP contribution in [0.4, 0.5) is 18.9 Å². The maximum Gasteiger partial charge on any atom is 0.416 e. The molecule has 1 atom stereocenters. The minimum absolute atomic E-state index is 0.0102. The third-order valence-electron chi connectivity index (χ3n) is 4.20. The van der Waals surface area contributed by atoms with Crippen LogP contribution in [0.2, 0.25) is 5.02 Å². The molecule has 0 radical (unpaired) electrons. The maximum atomic E-state index is 12.9. The molecule has 1 unspecified atom stereocenters. The molecule has 0 fully saturated rings. The molecule has 2 aromatic carbocycles. The fourth-order valence-corrected chi connectivity index (χ4v) is 3.99. The van der Waals surface area contributed by atoms with Gasteiger partial charge in [-0.15, -0.1) is 0 Å². The lowest BCUT2D eigenvalue weighted by Crippen LogP contribution is -2.26. The molecule has 2 aromatic rings. The second kappa shape index (κ2) is 10.8. The maximum absolute atomic E-state index is 12.9. The molecule has 0 aliphatic carbocycles. The average molecular weight is 524 g/mol. The molecule has 0 N–H and O–H groups in total. The number of halogens is 4. The van der Waals surface area contributed by atoms with E-state index in [1.807, 2.05) is 0 Å². The zero-order valence-electron chi connectivity index (χ0n) is 18.6. The van der Waals surface area contributed by atoms with Crippen molar-refractivity contribution in [2.75, 3.05) is 6.61 Å². The van der Waals surface area contributed by atoms with E-state index in [1.54, 1.807) is 27.7 Å². The summed E-state index contributed by atoms with van der Waals surface area (Å²) in [4.78, 5) is 22.6. The Kier molecular flexibility index (Phi) is 8.74. The van der Waals surface area contributed by atoms with Gasteiger partial charge in [-0.1, -0.05) is 18.5 Å². The molecule has 0 spiro atoms. The van der Waals surface area contributed by atoms with Gasteiger partial charge in [-0.2, -0.15) is 13.2 Å². The number of alkyl halides is 3. The van der Waals surface area contributed by atoms with Gasteiger partial charge in [-0.3, -0.25) is 14.7 Å². The highest BCUT2D eigenvalue weighted by atomic mass is 35.5. The molecule has 13 heteroatoms. The van der Waals surface area contributed by atoms with Crippen molar-refractivity contribution in [3.8, 4) is 11.5 Å². The summed E-state index contributed by atoms with van der Waals surface area (Å²) >= 11 is 5.94. The molecule has 0 saturated heterocycles. The molecule has 2 rings (SSSR count). The number of carbonyl (C=O) groups is 1. The zero-order chi connectivity index (χ0) is 25.8. The number of carbonyl (C=O) groups excluding carboxylic acids is 1. The lowest BCUT2D eigenvalue weighted by Gasteiger charge is -2.19. The van der Waals surface area contributed by atoms with Gasteiger partial charge in [-0.05, 0) is 45.4 Å².